The zero-order valence-electron chi connectivity index (χ0n) is 11.7. The molecule has 1 aliphatic heterocycles. The number of nitrogens with two attached hydrogens (primary N) is 1. The summed E-state index contributed by atoms with van der Waals surface area (Å²) >= 11 is 0. The van der Waals surface area contributed by atoms with Crippen molar-refractivity contribution in [2.24, 2.45) is 11.7 Å². The van der Waals surface area contributed by atoms with Gasteiger partial charge in [-0.3, -0.25) is 9.69 Å². The number of hydrogen-bond acceptors (Lipinski definition) is 4. The van der Waals surface area contributed by atoms with Crippen LogP contribution in [-0.4, -0.2) is 55.2 Å². The number of fused-ring (bicyclic) bond motifs is 1. The first kappa shape index (κ1) is 13.3. The Labute approximate surface area is 114 Å². The van der Waals surface area contributed by atoms with Crippen LogP contribution in [-0.2, 0) is 9.53 Å². The van der Waals surface area contributed by atoms with Gasteiger partial charge in [0.25, 0.3) is 0 Å². The Balaban J connectivity index is 1.75. The molecule has 3 aliphatic rings. The lowest BCUT2D eigenvalue weighted by atomic mass is 9.90. The van der Waals surface area contributed by atoms with Gasteiger partial charge in [-0.15, -0.1) is 0 Å². The van der Waals surface area contributed by atoms with Gasteiger partial charge in [-0.1, -0.05) is 0 Å². The number of carbonyl (C=O) groups excluding carboxylic acids is 1. The van der Waals surface area contributed by atoms with Crippen molar-refractivity contribution in [3.63, 3.8) is 0 Å². The second kappa shape index (κ2) is 5.04. The molecule has 0 bridgehead atoms. The molecule has 3 atom stereocenters. The maximum atomic E-state index is 12.0. The summed E-state index contributed by atoms with van der Waals surface area (Å²) in [6, 6.07) is 0.486. The number of carbonyl (C=O) groups is 1. The van der Waals surface area contributed by atoms with E-state index in [2.05, 4.69) is 10.2 Å². The SMILES string of the molecule is CNC(CN1CCOC2CCCC21)(C(N)=O)C1CC1. The standard InChI is InChI=1S/C14H25N3O2/c1-16-14(13(15)18,10-5-6-10)9-17-7-8-19-12-4-2-3-11(12)17/h10-12,16H,2-9H2,1H3,(H2,15,18). The number of primary amides is 1. The van der Waals surface area contributed by atoms with E-state index in [-0.39, 0.29) is 5.91 Å². The van der Waals surface area contributed by atoms with Crippen LogP contribution in [0.25, 0.3) is 0 Å². The Hall–Kier alpha value is -0.650. The van der Waals surface area contributed by atoms with Crippen LogP contribution in [0.1, 0.15) is 32.1 Å². The van der Waals surface area contributed by atoms with Crippen LogP contribution in [0.5, 0.6) is 0 Å². The van der Waals surface area contributed by atoms with Crippen molar-refractivity contribution in [1.29, 1.82) is 0 Å². The van der Waals surface area contributed by atoms with E-state index in [1.54, 1.807) is 0 Å². The topological polar surface area (TPSA) is 67.6 Å². The van der Waals surface area contributed by atoms with E-state index >= 15 is 0 Å². The molecule has 0 spiro atoms. The van der Waals surface area contributed by atoms with E-state index < -0.39 is 5.54 Å². The molecule has 2 saturated carbocycles. The number of amides is 1. The largest absolute Gasteiger partial charge is 0.375 e. The smallest absolute Gasteiger partial charge is 0.239 e. The monoisotopic (exact) mass is 267 g/mol. The average Bonchev–Trinajstić information content (AvgIpc) is 3.13. The van der Waals surface area contributed by atoms with Crippen molar-refractivity contribution < 1.29 is 9.53 Å². The quantitative estimate of drug-likeness (QED) is 0.741. The van der Waals surface area contributed by atoms with Crippen molar-refractivity contribution in [2.45, 2.75) is 49.8 Å². The average molecular weight is 267 g/mol. The van der Waals surface area contributed by atoms with Gasteiger partial charge in [0.05, 0.1) is 12.7 Å². The lowest BCUT2D eigenvalue weighted by Gasteiger charge is -2.43. The van der Waals surface area contributed by atoms with Crippen LogP contribution in [0.4, 0.5) is 0 Å². The summed E-state index contributed by atoms with van der Waals surface area (Å²) in [6.45, 7) is 2.45. The molecule has 1 heterocycles. The summed E-state index contributed by atoms with van der Waals surface area (Å²) in [4.78, 5) is 14.4. The highest BCUT2D eigenvalue weighted by Gasteiger charge is 2.51. The summed E-state index contributed by atoms with van der Waals surface area (Å²) in [7, 11) is 1.87. The maximum absolute atomic E-state index is 12.0. The molecule has 3 N–H and O–H groups in total. The lowest BCUT2D eigenvalue weighted by Crippen LogP contribution is -2.65. The molecule has 3 fully saturated rings. The number of ether oxygens (including phenoxy) is 1. The summed E-state index contributed by atoms with van der Waals surface area (Å²) in [6.07, 6.45) is 6.18. The highest BCUT2D eigenvalue weighted by atomic mass is 16.5. The first-order chi connectivity index (χ1) is 9.17. The molecule has 5 nitrogen and oxygen atoms in total. The predicted molar refractivity (Wildman–Crippen MR) is 72.7 cm³/mol. The van der Waals surface area contributed by atoms with Gasteiger partial charge in [-0.05, 0) is 45.1 Å². The normalized spacial score (nSPS) is 34.8. The third kappa shape index (κ3) is 2.28. The molecule has 1 amide bonds. The van der Waals surface area contributed by atoms with E-state index in [4.69, 9.17) is 10.5 Å². The Morgan fingerprint density at radius 2 is 2.21 bits per heavy atom. The van der Waals surface area contributed by atoms with Crippen molar-refractivity contribution in [3.05, 3.63) is 0 Å². The van der Waals surface area contributed by atoms with Crippen LogP contribution in [0.15, 0.2) is 0 Å². The highest BCUT2D eigenvalue weighted by Crippen LogP contribution is 2.41. The molecule has 3 unspecified atom stereocenters. The van der Waals surface area contributed by atoms with Gasteiger partial charge in [0.1, 0.15) is 5.54 Å². The second-order valence-electron chi connectivity index (χ2n) is 6.24. The van der Waals surface area contributed by atoms with Gasteiger partial charge in [0, 0.05) is 19.1 Å². The minimum atomic E-state index is -0.537. The molecule has 3 rings (SSSR count). The van der Waals surface area contributed by atoms with Gasteiger partial charge in [0.2, 0.25) is 5.91 Å². The fourth-order valence-electron chi connectivity index (χ4n) is 3.91. The number of rotatable bonds is 5. The Kier molecular flexibility index (Phi) is 3.53. The summed E-state index contributed by atoms with van der Waals surface area (Å²) in [5.41, 5.74) is 5.18. The van der Waals surface area contributed by atoms with Crippen molar-refractivity contribution in [1.82, 2.24) is 10.2 Å². The minimum Gasteiger partial charge on any atom is -0.375 e. The lowest BCUT2D eigenvalue weighted by molar-refractivity contribution is -0.128. The van der Waals surface area contributed by atoms with E-state index in [0.29, 0.717) is 18.1 Å². The maximum Gasteiger partial charge on any atom is 0.239 e. The fourth-order valence-corrected chi connectivity index (χ4v) is 3.91. The molecular formula is C14H25N3O2. The molecule has 2 aliphatic carbocycles. The molecular weight excluding hydrogens is 242 g/mol. The number of nitrogens with zero attached hydrogens (tertiary/aromatic N) is 1. The van der Waals surface area contributed by atoms with Gasteiger partial charge < -0.3 is 15.8 Å². The molecule has 1 saturated heterocycles. The summed E-state index contributed by atoms with van der Waals surface area (Å²) < 4.78 is 5.84. The molecule has 0 aromatic rings. The van der Waals surface area contributed by atoms with Crippen LogP contribution in [0.3, 0.4) is 0 Å². The summed E-state index contributed by atoms with van der Waals surface area (Å²) in [5, 5.41) is 3.25. The Morgan fingerprint density at radius 3 is 2.84 bits per heavy atom. The molecule has 5 heteroatoms. The minimum absolute atomic E-state index is 0.196. The Bertz CT molecular complexity index is 359. The van der Waals surface area contributed by atoms with Crippen LogP contribution < -0.4 is 11.1 Å². The number of morpholine rings is 1. The van der Waals surface area contributed by atoms with Crippen LogP contribution in [0.2, 0.25) is 0 Å². The third-order valence-corrected chi connectivity index (χ3v) is 5.21. The molecule has 19 heavy (non-hydrogen) atoms. The first-order valence-electron chi connectivity index (χ1n) is 7.52. The van der Waals surface area contributed by atoms with E-state index in [0.717, 1.165) is 39.0 Å². The van der Waals surface area contributed by atoms with Crippen molar-refractivity contribution in [3.8, 4) is 0 Å². The van der Waals surface area contributed by atoms with Gasteiger partial charge >= 0.3 is 0 Å². The summed E-state index contributed by atoms with van der Waals surface area (Å²) in [5.74, 6) is 0.219. The first-order valence-corrected chi connectivity index (χ1v) is 7.52. The molecule has 0 aromatic heterocycles. The molecule has 0 aromatic carbocycles. The zero-order chi connectivity index (χ0) is 13.5. The van der Waals surface area contributed by atoms with Gasteiger partial charge in [0.15, 0.2) is 0 Å². The van der Waals surface area contributed by atoms with Gasteiger partial charge in [-0.2, -0.15) is 0 Å². The van der Waals surface area contributed by atoms with Crippen molar-refractivity contribution in [2.75, 3.05) is 26.7 Å². The fraction of sp³-hybridized carbons (Fsp3) is 0.929. The Morgan fingerprint density at radius 1 is 1.42 bits per heavy atom. The third-order valence-electron chi connectivity index (χ3n) is 5.21. The number of nitrogens with one attached hydrogen (secondary N) is 1. The molecule has 108 valence electrons. The van der Waals surface area contributed by atoms with Crippen LogP contribution in [0, 0.1) is 5.92 Å². The van der Waals surface area contributed by atoms with E-state index in [9.17, 15) is 4.79 Å². The van der Waals surface area contributed by atoms with E-state index in [1.807, 2.05) is 7.05 Å². The number of hydrogen-bond donors (Lipinski definition) is 2. The van der Waals surface area contributed by atoms with Crippen LogP contribution >= 0.6 is 0 Å². The predicted octanol–water partition coefficient (Wildman–Crippen LogP) is 0.0932. The zero-order valence-corrected chi connectivity index (χ0v) is 11.7. The van der Waals surface area contributed by atoms with Crippen molar-refractivity contribution >= 4 is 5.91 Å². The molecule has 0 radical (unpaired) electrons. The van der Waals surface area contributed by atoms with E-state index in [1.165, 1.54) is 12.8 Å². The number of likely N-dealkylation sites (N-methyl/N-ethyl adjacent to an activating group) is 1. The van der Waals surface area contributed by atoms with Gasteiger partial charge in [-0.25, -0.2) is 0 Å². The second-order valence-corrected chi connectivity index (χ2v) is 6.24. The highest BCUT2D eigenvalue weighted by molar-refractivity contribution is 5.86.